The molecule has 4 aromatic rings. The summed E-state index contributed by atoms with van der Waals surface area (Å²) in [6, 6.07) is 6.12. The van der Waals surface area contributed by atoms with Crippen molar-refractivity contribution in [3.05, 3.63) is 55.9 Å². The van der Waals surface area contributed by atoms with Gasteiger partial charge in [0.25, 0.3) is 5.56 Å². The number of nitrogen functional groups attached to an aromatic ring is 1. The maximum atomic E-state index is 13.9. The number of thioether (sulfide) groups is 1. The van der Waals surface area contributed by atoms with Gasteiger partial charge in [0.1, 0.15) is 10.7 Å². The average Bonchev–Trinajstić information content (AvgIpc) is 3.33. The molecule has 0 aliphatic heterocycles. The lowest BCUT2D eigenvalue weighted by Crippen LogP contribution is -2.22. The SMILES string of the molecule is Cc1ccc(-n2c(SCc3nc(N)nc(N(C)C)n3)nc3sc4c(c3c2=O)CCC4)c(C)c1. The summed E-state index contributed by atoms with van der Waals surface area (Å²) < 4.78 is 1.75. The van der Waals surface area contributed by atoms with Gasteiger partial charge in [0.15, 0.2) is 5.16 Å². The van der Waals surface area contributed by atoms with Crippen molar-refractivity contribution >= 4 is 45.2 Å². The zero-order valence-electron chi connectivity index (χ0n) is 19.0. The molecule has 3 heterocycles. The summed E-state index contributed by atoms with van der Waals surface area (Å²) in [4.78, 5) is 35.7. The molecule has 0 fully saturated rings. The van der Waals surface area contributed by atoms with Gasteiger partial charge in [-0.25, -0.2) is 4.98 Å². The number of fused-ring (bicyclic) bond motifs is 3. The largest absolute Gasteiger partial charge is 0.368 e. The van der Waals surface area contributed by atoms with E-state index in [0.717, 1.165) is 46.3 Å². The van der Waals surface area contributed by atoms with Gasteiger partial charge in [-0.05, 0) is 50.3 Å². The van der Waals surface area contributed by atoms with E-state index in [4.69, 9.17) is 10.7 Å². The molecule has 170 valence electrons. The van der Waals surface area contributed by atoms with E-state index in [9.17, 15) is 4.79 Å². The zero-order valence-corrected chi connectivity index (χ0v) is 20.7. The topological polar surface area (TPSA) is 103 Å². The molecular weight excluding hydrogens is 454 g/mol. The number of rotatable bonds is 5. The highest BCUT2D eigenvalue weighted by atomic mass is 32.2. The summed E-state index contributed by atoms with van der Waals surface area (Å²) in [6.45, 7) is 4.08. The highest BCUT2D eigenvalue weighted by Gasteiger charge is 2.24. The van der Waals surface area contributed by atoms with Crippen LogP contribution in [-0.2, 0) is 18.6 Å². The second-order valence-electron chi connectivity index (χ2n) is 8.46. The van der Waals surface area contributed by atoms with E-state index < -0.39 is 0 Å². The molecule has 0 spiro atoms. The van der Waals surface area contributed by atoms with E-state index in [2.05, 4.69) is 27.9 Å². The average molecular weight is 480 g/mol. The Kier molecular flexibility index (Phi) is 5.57. The van der Waals surface area contributed by atoms with Gasteiger partial charge < -0.3 is 10.6 Å². The normalized spacial score (nSPS) is 13.0. The summed E-state index contributed by atoms with van der Waals surface area (Å²) >= 11 is 3.09. The minimum atomic E-state index is -0.00186. The summed E-state index contributed by atoms with van der Waals surface area (Å²) in [5.41, 5.74) is 10.1. The fourth-order valence-electron chi connectivity index (χ4n) is 4.21. The number of nitrogens with zero attached hydrogens (tertiary/aromatic N) is 6. The van der Waals surface area contributed by atoms with Crippen LogP contribution in [0.5, 0.6) is 0 Å². The minimum absolute atomic E-state index is 0.00186. The van der Waals surface area contributed by atoms with Crippen molar-refractivity contribution < 1.29 is 0 Å². The molecule has 0 radical (unpaired) electrons. The van der Waals surface area contributed by atoms with Gasteiger partial charge in [-0.15, -0.1) is 11.3 Å². The van der Waals surface area contributed by atoms with Crippen molar-refractivity contribution in [1.29, 1.82) is 0 Å². The summed E-state index contributed by atoms with van der Waals surface area (Å²) in [5.74, 6) is 1.64. The highest BCUT2D eigenvalue weighted by Crippen LogP contribution is 2.36. The number of hydrogen-bond acceptors (Lipinski definition) is 9. The van der Waals surface area contributed by atoms with Gasteiger partial charge >= 0.3 is 0 Å². The number of benzene rings is 1. The fraction of sp³-hybridized carbons (Fsp3) is 0.348. The Labute approximate surface area is 199 Å². The minimum Gasteiger partial charge on any atom is -0.368 e. The molecule has 0 unspecified atom stereocenters. The maximum absolute atomic E-state index is 13.9. The summed E-state index contributed by atoms with van der Waals surface area (Å²) in [6.07, 6.45) is 3.08. The van der Waals surface area contributed by atoms with E-state index >= 15 is 0 Å². The van der Waals surface area contributed by atoms with Crippen LogP contribution in [0.3, 0.4) is 0 Å². The van der Waals surface area contributed by atoms with Gasteiger partial charge in [0, 0.05) is 19.0 Å². The molecule has 5 rings (SSSR count). The Morgan fingerprint density at radius 3 is 2.73 bits per heavy atom. The molecule has 0 bridgehead atoms. The van der Waals surface area contributed by atoms with E-state index in [-0.39, 0.29) is 11.5 Å². The Bertz CT molecular complexity index is 1440. The Morgan fingerprint density at radius 1 is 1.15 bits per heavy atom. The molecule has 1 aromatic carbocycles. The van der Waals surface area contributed by atoms with Gasteiger partial charge in [-0.1, -0.05) is 29.5 Å². The first-order valence-corrected chi connectivity index (χ1v) is 12.6. The van der Waals surface area contributed by atoms with Crippen LogP contribution in [0.25, 0.3) is 15.9 Å². The van der Waals surface area contributed by atoms with Crippen molar-refractivity contribution in [2.24, 2.45) is 0 Å². The smallest absolute Gasteiger partial charge is 0.267 e. The van der Waals surface area contributed by atoms with E-state index in [1.807, 2.05) is 33.2 Å². The third-order valence-electron chi connectivity index (χ3n) is 5.72. The predicted molar refractivity (Wildman–Crippen MR) is 135 cm³/mol. The first-order valence-electron chi connectivity index (χ1n) is 10.8. The van der Waals surface area contributed by atoms with Gasteiger partial charge in [-0.3, -0.25) is 9.36 Å². The number of anilines is 2. The van der Waals surface area contributed by atoms with Crippen molar-refractivity contribution in [2.75, 3.05) is 24.7 Å². The second kappa shape index (κ2) is 8.42. The molecule has 2 N–H and O–H groups in total. The summed E-state index contributed by atoms with van der Waals surface area (Å²) in [5, 5.41) is 1.40. The Hall–Kier alpha value is -2.98. The molecule has 0 amide bonds. The van der Waals surface area contributed by atoms with E-state index in [1.165, 1.54) is 22.2 Å². The monoisotopic (exact) mass is 479 g/mol. The molecular formula is C23H25N7OS2. The fourth-order valence-corrected chi connectivity index (χ4v) is 6.37. The van der Waals surface area contributed by atoms with Crippen LogP contribution in [0.4, 0.5) is 11.9 Å². The third-order valence-corrected chi connectivity index (χ3v) is 7.84. The Balaban J connectivity index is 1.64. The molecule has 1 aliphatic rings. The molecule has 10 heteroatoms. The van der Waals surface area contributed by atoms with E-state index in [1.54, 1.807) is 20.8 Å². The van der Waals surface area contributed by atoms with Crippen molar-refractivity contribution in [1.82, 2.24) is 24.5 Å². The van der Waals surface area contributed by atoms with Crippen LogP contribution >= 0.6 is 23.1 Å². The van der Waals surface area contributed by atoms with Gasteiger partial charge in [0.05, 0.1) is 16.8 Å². The van der Waals surface area contributed by atoms with Crippen molar-refractivity contribution in [2.45, 2.75) is 44.0 Å². The molecule has 0 saturated heterocycles. The van der Waals surface area contributed by atoms with Crippen LogP contribution in [0.2, 0.25) is 0 Å². The van der Waals surface area contributed by atoms with Crippen LogP contribution in [0.15, 0.2) is 28.2 Å². The lowest BCUT2D eigenvalue weighted by molar-refractivity contribution is 0.812. The Morgan fingerprint density at radius 2 is 1.97 bits per heavy atom. The summed E-state index contributed by atoms with van der Waals surface area (Å²) in [7, 11) is 3.71. The lowest BCUT2D eigenvalue weighted by Gasteiger charge is -2.15. The standard InChI is InChI=1S/C23H25N7OS2/c1-12-8-9-15(13(2)10-12)30-20(31)18-14-6-5-7-16(14)33-19(18)27-23(30)32-11-17-25-21(24)28-22(26-17)29(3)4/h8-10H,5-7,11H2,1-4H3,(H2,24,25,26,28). The lowest BCUT2D eigenvalue weighted by atomic mass is 10.1. The first-order chi connectivity index (χ1) is 15.8. The number of aryl methyl sites for hydroxylation is 4. The van der Waals surface area contributed by atoms with Crippen LogP contribution in [0.1, 0.15) is 33.8 Å². The molecule has 8 nitrogen and oxygen atoms in total. The van der Waals surface area contributed by atoms with E-state index in [0.29, 0.717) is 22.7 Å². The molecule has 33 heavy (non-hydrogen) atoms. The van der Waals surface area contributed by atoms with Crippen molar-refractivity contribution in [3.63, 3.8) is 0 Å². The molecule has 1 aliphatic carbocycles. The number of thiophene rings is 1. The maximum Gasteiger partial charge on any atom is 0.267 e. The second-order valence-corrected chi connectivity index (χ2v) is 10.5. The van der Waals surface area contributed by atoms with Gasteiger partial charge in [-0.2, -0.15) is 15.0 Å². The first kappa shape index (κ1) is 21.8. The number of aromatic nitrogens is 5. The van der Waals surface area contributed by atoms with Crippen LogP contribution in [-0.4, -0.2) is 38.6 Å². The number of hydrogen-bond donors (Lipinski definition) is 1. The van der Waals surface area contributed by atoms with Crippen LogP contribution < -0.4 is 16.2 Å². The number of nitrogens with two attached hydrogens (primary N) is 1. The molecule has 0 saturated carbocycles. The predicted octanol–water partition coefficient (Wildman–Crippen LogP) is 3.68. The molecule has 3 aromatic heterocycles. The third kappa shape index (κ3) is 3.97. The van der Waals surface area contributed by atoms with Crippen molar-refractivity contribution in [3.8, 4) is 5.69 Å². The van der Waals surface area contributed by atoms with Crippen LogP contribution in [0, 0.1) is 13.8 Å². The molecule has 0 atom stereocenters. The highest BCUT2D eigenvalue weighted by molar-refractivity contribution is 7.98. The van der Waals surface area contributed by atoms with Gasteiger partial charge in [0.2, 0.25) is 11.9 Å². The zero-order chi connectivity index (χ0) is 23.3. The quantitative estimate of drug-likeness (QED) is 0.342.